The van der Waals surface area contributed by atoms with Gasteiger partial charge >= 0.3 is 6.03 Å². The van der Waals surface area contributed by atoms with E-state index in [-0.39, 0.29) is 24.2 Å². The molecule has 1 atom stereocenters. The smallest absolute Gasteiger partial charge is 0.325 e. The van der Waals surface area contributed by atoms with Crippen molar-refractivity contribution in [3.63, 3.8) is 0 Å². The van der Waals surface area contributed by atoms with Crippen LogP contribution in [-0.2, 0) is 17.8 Å². The first kappa shape index (κ1) is 21.2. The molecule has 1 aliphatic carbocycles. The fourth-order valence-corrected chi connectivity index (χ4v) is 4.49. The molecule has 1 aromatic heterocycles. The Morgan fingerprint density at radius 2 is 1.87 bits per heavy atom. The number of aromatic nitrogens is 1. The van der Waals surface area contributed by atoms with Gasteiger partial charge in [-0.1, -0.05) is 12.1 Å². The van der Waals surface area contributed by atoms with Gasteiger partial charge < -0.3 is 14.6 Å². The number of benzene rings is 1. The molecule has 164 valence electrons. The summed E-state index contributed by atoms with van der Waals surface area (Å²) in [5, 5.41) is 2.80. The lowest BCUT2D eigenvalue weighted by atomic mass is 9.96. The number of nitrogens with one attached hydrogen (secondary N) is 1. The summed E-state index contributed by atoms with van der Waals surface area (Å²) >= 11 is 0. The van der Waals surface area contributed by atoms with Crippen molar-refractivity contribution in [1.82, 2.24) is 14.8 Å². The molecule has 0 radical (unpaired) electrons. The first-order valence-electron chi connectivity index (χ1n) is 10.7. The number of hydrogen-bond acceptors (Lipinski definition) is 4. The summed E-state index contributed by atoms with van der Waals surface area (Å²) in [6.45, 7) is 6.15. The van der Waals surface area contributed by atoms with Gasteiger partial charge in [-0.25, -0.2) is 4.79 Å². The number of Topliss-reactive ketones (excluding diaryl/α,β-unsaturated/α-hetero) is 1. The average molecular weight is 424 g/mol. The van der Waals surface area contributed by atoms with Crippen LogP contribution in [0.4, 0.5) is 4.79 Å². The summed E-state index contributed by atoms with van der Waals surface area (Å²) in [4.78, 5) is 39.3. The first-order chi connectivity index (χ1) is 14.7. The van der Waals surface area contributed by atoms with E-state index < -0.39 is 11.6 Å². The second-order valence-electron chi connectivity index (χ2n) is 8.76. The lowest BCUT2D eigenvalue weighted by Crippen LogP contribution is -2.46. The molecule has 3 amide bonds. The van der Waals surface area contributed by atoms with Crippen LogP contribution in [0.15, 0.2) is 30.3 Å². The molecule has 0 spiro atoms. The number of hydrogen-bond donors (Lipinski definition) is 1. The number of methoxy groups -OCH3 is 1. The minimum atomic E-state index is -0.868. The molecule has 2 heterocycles. The van der Waals surface area contributed by atoms with Crippen LogP contribution < -0.4 is 10.1 Å². The van der Waals surface area contributed by atoms with Crippen LogP contribution in [0, 0.1) is 19.8 Å². The van der Waals surface area contributed by atoms with Crippen molar-refractivity contribution in [2.24, 2.45) is 5.92 Å². The van der Waals surface area contributed by atoms with E-state index in [9.17, 15) is 14.4 Å². The normalized spacial score (nSPS) is 20.8. The summed E-state index contributed by atoms with van der Waals surface area (Å²) in [6.07, 6.45) is 2.68. The van der Waals surface area contributed by atoms with Gasteiger partial charge in [0.2, 0.25) is 0 Å². The number of urea groups is 1. The molecular weight excluding hydrogens is 394 g/mol. The zero-order valence-corrected chi connectivity index (χ0v) is 18.5. The number of ketones is 1. The molecule has 4 rings (SSSR count). The molecule has 7 heteroatoms. The zero-order valence-electron chi connectivity index (χ0n) is 18.5. The second-order valence-corrected chi connectivity index (χ2v) is 8.76. The molecule has 7 nitrogen and oxygen atoms in total. The Hall–Kier alpha value is -3.09. The van der Waals surface area contributed by atoms with Crippen LogP contribution in [0.1, 0.15) is 47.1 Å². The SMILES string of the molecule is COc1ccc(CCn2c(C)cc(C(=O)CN3C(=O)N[C@@](C)(C4CC4)C3=O)c2C)cc1. The fourth-order valence-electron chi connectivity index (χ4n) is 4.49. The Labute approximate surface area is 182 Å². The highest BCUT2D eigenvalue weighted by molar-refractivity contribution is 6.11. The number of carbonyl (C=O) groups is 3. The number of ether oxygens (including phenoxy) is 1. The number of carbonyl (C=O) groups excluding carboxylic acids is 3. The third-order valence-electron chi connectivity index (χ3n) is 6.65. The Morgan fingerprint density at radius 3 is 2.48 bits per heavy atom. The largest absolute Gasteiger partial charge is 0.497 e. The molecular formula is C24H29N3O4. The highest BCUT2D eigenvalue weighted by atomic mass is 16.5. The zero-order chi connectivity index (χ0) is 22.3. The first-order valence-corrected chi connectivity index (χ1v) is 10.7. The molecule has 0 unspecified atom stereocenters. The lowest BCUT2D eigenvalue weighted by Gasteiger charge is -2.20. The maximum atomic E-state index is 13.0. The van der Waals surface area contributed by atoms with Gasteiger partial charge in [0.15, 0.2) is 5.78 Å². The maximum absolute atomic E-state index is 13.0. The fraction of sp³-hybridized carbons (Fsp3) is 0.458. The van der Waals surface area contributed by atoms with E-state index in [4.69, 9.17) is 4.74 Å². The van der Waals surface area contributed by atoms with Crippen molar-refractivity contribution in [1.29, 1.82) is 0 Å². The lowest BCUT2D eigenvalue weighted by molar-refractivity contribution is -0.131. The van der Waals surface area contributed by atoms with E-state index in [1.54, 1.807) is 14.0 Å². The van der Waals surface area contributed by atoms with Crippen LogP contribution >= 0.6 is 0 Å². The van der Waals surface area contributed by atoms with Crippen molar-refractivity contribution in [3.05, 3.63) is 52.8 Å². The second kappa shape index (κ2) is 7.87. The van der Waals surface area contributed by atoms with Crippen molar-refractivity contribution < 1.29 is 19.1 Å². The van der Waals surface area contributed by atoms with Gasteiger partial charge in [-0.3, -0.25) is 14.5 Å². The summed E-state index contributed by atoms with van der Waals surface area (Å²) in [7, 11) is 1.64. The van der Waals surface area contributed by atoms with Gasteiger partial charge in [0.1, 0.15) is 11.3 Å². The Morgan fingerprint density at radius 1 is 1.19 bits per heavy atom. The molecule has 1 N–H and O–H groups in total. The van der Waals surface area contributed by atoms with Crippen molar-refractivity contribution in [3.8, 4) is 5.75 Å². The van der Waals surface area contributed by atoms with E-state index in [0.717, 1.165) is 47.8 Å². The Kier molecular flexibility index (Phi) is 5.37. The predicted octanol–water partition coefficient (Wildman–Crippen LogP) is 3.26. The number of rotatable bonds is 8. The van der Waals surface area contributed by atoms with Gasteiger partial charge in [-0.15, -0.1) is 0 Å². The van der Waals surface area contributed by atoms with Gasteiger partial charge in [0.05, 0.1) is 13.7 Å². The van der Waals surface area contributed by atoms with Crippen LogP contribution in [0.2, 0.25) is 0 Å². The van der Waals surface area contributed by atoms with E-state index in [2.05, 4.69) is 9.88 Å². The Balaban J connectivity index is 1.45. The average Bonchev–Trinajstić information content (AvgIpc) is 3.53. The number of imide groups is 1. The van der Waals surface area contributed by atoms with E-state index >= 15 is 0 Å². The van der Waals surface area contributed by atoms with Gasteiger partial charge in [0, 0.05) is 23.5 Å². The molecule has 2 aromatic rings. The summed E-state index contributed by atoms with van der Waals surface area (Å²) in [6, 6.07) is 9.33. The standard InChI is InChI=1S/C24H29N3O4/c1-15-13-20(16(2)26(15)12-11-17-5-9-19(31-4)10-6-17)21(28)14-27-22(29)24(3,18-7-8-18)25-23(27)30/h5-6,9-10,13,18H,7-8,11-12,14H2,1-4H3,(H,25,30)/t24-/m0/s1. The number of amides is 3. The third kappa shape index (κ3) is 3.84. The monoisotopic (exact) mass is 423 g/mol. The Bertz CT molecular complexity index is 1040. The van der Waals surface area contributed by atoms with E-state index in [1.807, 2.05) is 44.2 Å². The van der Waals surface area contributed by atoms with Crippen molar-refractivity contribution in [2.75, 3.05) is 13.7 Å². The summed E-state index contributed by atoms with van der Waals surface area (Å²) in [5.41, 5.74) is 2.71. The van der Waals surface area contributed by atoms with Crippen molar-refractivity contribution in [2.45, 2.75) is 52.1 Å². The molecule has 2 fully saturated rings. The molecule has 1 saturated carbocycles. The van der Waals surface area contributed by atoms with E-state index in [0.29, 0.717) is 5.56 Å². The van der Waals surface area contributed by atoms with Crippen molar-refractivity contribution >= 4 is 17.7 Å². The highest BCUT2D eigenvalue weighted by Crippen LogP contribution is 2.42. The topological polar surface area (TPSA) is 80.6 Å². The van der Waals surface area contributed by atoms with Crippen LogP contribution in [0.5, 0.6) is 5.75 Å². The molecule has 0 bridgehead atoms. The minimum Gasteiger partial charge on any atom is -0.497 e. The molecule has 2 aliphatic rings. The maximum Gasteiger partial charge on any atom is 0.325 e. The van der Waals surface area contributed by atoms with Crippen LogP contribution in [0.3, 0.4) is 0 Å². The van der Waals surface area contributed by atoms with Crippen LogP contribution in [0.25, 0.3) is 0 Å². The van der Waals surface area contributed by atoms with Gasteiger partial charge in [0.25, 0.3) is 5.91 Å². The minimum absolute atomic E-state index is 0.173. The summed E-state index contributed by atoms with van der Waals surface area (Å²) < 4.78 is 7.31. The number of nitrogens with zero attached hydrogens (tertiary/aromatic N) is 2. The molecule has 1 aliphatic heterocycles. The van der Waals surface area contributed by atoms with Crippen LogP contribution in [-0.4, -0.2) is 46.4 Å². The van der Waals surface area contributed by atoms with Gasteiger partial charge in [-0.05, 0) is 69.7 Å². The molecule has 1 saturated heterocycles. The highest BCUT2D eigenvalue weighted by Gasteiger charge is 2.56. The van der Waals surface area contributed by atoms with Gasteiger partial charge in [-0.2, -0.15) is 0 Å². The molecule has 31 heavy (non-hydrogen) atoms. The third-order valence-corrected chi connectivity index (χ3v) is 6.65. The quantitative estimate of drug-likeness (QED) is 0.522. The number of aryl methyl sites for hydroxylation is 2. The predicted molar refractivity (Wildman–Crippen MR) is 116 cm³/mol. The van der Waals surface area contributed by atoms with E-state index in [1.165, 1.54) is 5.56 Å². The molecule has 1 aromatic carbocycles. The summed E-state index contributed by atoms with van der Waals surface area (Å²) in [5.74, 6) is 0.490.